The van der Waals surface area contributed by atoms with Crippen LogP contribution in [-0.4, -0.2) is 0 Å². The molecule has 24 heavy (non-hydrogen) atoms. The summed E-state index contributed by atoms with van der Waals surface area (Å²) in [6.45, 7) is 0. The van der Waals surface area contributed by atoms with Crippen LogP contribution in [0.15, 0.2) is 48.5 Å². The predicted octanol–water partition coefficient (Wildman–Crippen LogP) is 3.99. The van der Waals surface area contributed by atoms with E-state index in [4.69, 9.17) is 0 Å². The van der Waals surface area contributed by atoms with Gasteiger partial charge in [0.2, 0.25) is 0 Å². The third-order valence-electron chi connectivity index (χ3n) is 3.85. The van der Waals surface area contributed by atoms with Gasteiger partial charge in [-0.15, -0.1) is 0 Å². The minimum Gasteiger partial charge on any atom is -0.192 e. The molecule has 4 heteroatoms. The molecule has 0 saturated carbocycles. The summed E-state index contributed by atoms with van der Waals surface area (Å²) in [7, 11) is 0. The molecule has 0 amide bonds. The van der Waals surface area contributed by atoms with Crippen molar-refractivity contribution in [3.63, 3.8) is 0 Å². The standard InChI is InChI=1S/C20H8N4/c21-9-14-8-15(10-22)19(12-24)20(18(14)11-23)17-7-3-5-13-4-1-2-6-16(13)17/h1-8H. The van der Waals surface area contributed by atoms with Gasteiger partial charge in [-0.05, 0) is 22.4 Å². The van der Waals surface area contributed by atoms with Crippen molar-refractivity contribution in [3.8, 4) is 35.4 Å². The Morgan fingerprint density at radius 2 is 1.21 bits per heavy atom. The maximum Gasteiger partial charge on any atom is 0.101 e. The van der Waals surface area contributed by atoms with Crippen molar-refractivity contribution in [2.75, 3.05) is 0 Å². The molecule has 3 rings (SSSR count). The molecule has 0 atom stereocenters. The fourth-order valence-corrected chi connectivity index (χ4v) is 2.80. The summed E-state index contributed by atoms with van der Waals surface area (Å²) in [5, 5.41) is 39.6. The first-order valence-electron chi connectivity index (χ1n) is 7.04. The van der Waals surface area contributed by atoms with E-state index in [0.29, 0.717) is 11.1 Å². The van der Waals surface area contributed by atoms with Crippen LogP contribution >= 0.6 is 0 Å². The second kappa shape index (κ2) is 5.94. The van der Waals surface area contributed by atoms with E-state index < -0.39 is 0 Å². The van der Waals surface area contributed by atoms with Crippen LogP contribution < -0.4 is 0 Å². The Kier molecular flexibility index (Phi) is 3.66. The van der Waals surface area contributed by atoms with Crippen molar-refractivity contribution in [2.45, 2.75) is 0 Å². The number of rotatable bonds is 1. The monoisotopic (exact) mass is 304 g/mol. The van der Waals surface area contributed by atoms with Crippen LogP contribution in [0.1, 0.15) is 22.3 Å². The van der Waals surface area contributed by atoms with Crippen LogP contribution in [0.2, 0.25) is 0 Å². The smallest absolute Gasteiger partial charge is 0.101 e. The Morgan fingerprint density at radius 3 is 1.79 bits per heavy atom. The minimum atomic E-state index is 0.0935. The number of nitriles is 4. The Bertz CT molecular complexity index is 1090. The van der Waals surface area contributed by atoms with E-state index in [0.717, 1.165) is 10.8 Å². The van der Waals surface area contributed by atoms with E-state index in [1.165, 1.54) is 6.07 Å². The van der Waals surface area contributed by atoms with Crippen LogP contribution in [0.5, 0.6) is 0 Å². The van der Waals surface area contributed by atoms with Gasteiger partial charge in [-0.2, -0.15) is 21.0 Å². The van der Waals surface area contributed by atoms with Crippen molar-refractivity contribution in [1.82, 2.24) is 0 Å². The molecule has 0 spiro atoms. The summed E-state index contributed by atoms with van der Waals surface area (Å²) in [4.78, 5) is 0. The lowest BCUT2D eigenvalue weighted by molar-refractivity contribution is 1.38. The summed E-state index contributed by atoms with van der Waals surface area (Å²) in [5.74, 6) is 0. The van der Waals surface area contributed by atoms with Gasteiger partial charge in [-0.25, -0.2) is 0 Å². The maximum absolute atomic E-state index is 9.55. The summed E-state index contributed by atoms with van der Waals surface area (Å²) in [6.07, 6.45) is 0. The quantitative estimate of drug-likeness (QED) is 0.679. The molecule has 0 fully saturated rings. The average molecular weight is 304 g/mol. The number of benzene rings is 3. The summed E-state index contributed by atoms with van der Waals surface area (Å²) >= 11 is 0. The highest BCUT2D eigenvalue weighted by atomic mass is 14.3. The van der Waals surface area contributed by atoms with E-state index in [1.807, 2.05) is 60.7 Å². The van der Waals surface area contributed by atoms with Crippen LogP contribution in [0.4, 0.5) is 0 Å². The molecule has 0 unspecified atom stereocenters. The highest BCUT2D eigenvalue weighted by molar-refractivity contribution is 6.00. The maximum atomic E-state index is 9.55. The van der Waals surface area contributed by atoms with Crippen molar-refractivity contribution < 1.29 is 0 Å². The molecular formula is C20H8N4. The number of hydrogen-bond donors (Lipinski definition) is 0. The third-order valence-corrected chi connectivity index (χ3v) is 3.85. The highest BCUT2D eigenvalue weighted by Crippen LogP contribution is 2.36. The Morgan fingerprint density at radius 1 is 0.625 bits per heavy atom. The zero-order chi connectivity index (χ0) is 17.1. The molecule has 108 valence electrons. The molecule has 0 heterocycles. The van der Waals surface area contributed by atoms with Crippen molar-refractivity contribution in [1.29, 1.82) is 21.0 Å². The number of fused-ring (bicyclic) bond motifs is 1. The van der Waals surface area contributed by atoms with E-state index in [1.54, 1.807) is 6.07 Å². The van der Waals surface area contributed by atoms with Crippen molar-refractivity contribution in [2.24, 2.45) is 0 Å². The van der Waals surface area contributed by atoms with E-state index >= 15 is 0 Å². The molecule has 0 bridgehead atoms. The SMILES string of the molecule is N#Cc1cc(C#N)c(C#N)c(-c2cccc3ccccc23)c1C#N. The second-order valence-electron chi connectivity index (χ2n) is 5.07. The topological polar surface area (TPSA) is 95.2 Å². The summed E-state index contributed by atoms with van der Waals surface area (Å²) in [6, 6.07) is 22.4. The predicted molar refractivity (Wildman–Crippen MR) is 88.2 cm³/mol. The van der Waals surface area contributed by atoms with Gasteiger partial charge in [0, 0.05) is 5.56 Å². The first kappa shape index (κ1) is 14.8. The van der Waals surface area contributed by atoms with Gasteiger partial charge in [0.15, 0.2) is 0 Å². The van der Waals surface area contributed by atoms with E-state index in [9.17, 15) is 21.0 Å². The van der Waals surface area contributed by atoms with Crippen molar-refractivity contribution >= 4 is 10.8 Å². The zero-order valence-corrected chi connectivity index (χ0v) is 12.4. The molecule has 4 nitrogen and oxygen atoms in total. The van der Waals surface area contributed by atoms with E-state index in [2.05, 4.69) is 0 Å². The first-order valence-corrected chi connectivity index (χ1v) is 7.04. The second-order valence-corrected chi connectivity index (χ2v) is 5.07. The van der Waals surface area contributed by atoms with Gasteiger partial charge in [-0.1, -0.05) is 42.5 Å². The molecule has 3 aromatic carbocycles. The fraction of sp³-hybridized carbons (Fsp3) is 0. The normalized spacial score (nSPS) is 9.50. The molecule has 0 radical (unpaired) electrons. The lowest BCUT2D eigenvalue weighted by Gasteiger charge is -2.12. The molecule has 0 saturated heterocycles. The minimum absolute atomic E-state index is 0.0935. The first-order chi connectivity index (χ1) is 11.7. The summed E-state index contributed by atoms with van der Waals surface area (Å²) < 4.78 is 0. The van der Waals surface area contributed by atoms with Gasteiger partial charge in [0.25, 0.3) is 0 Å². The number of hydrogen-bond acceptors (Lipinski definition) is 4. The molecule has 0 aliphatic heterocycles. The molecule has 0 N–H and O–H groups in total. The van der Waals surface area contributed by atoms with Crippen LogP contribution in [0, 0.1) is 45.3 Å². The molecule has 0 aromatic heterocycles. The van der Waals surface area contributed by atoms with Gasteiger partial charge in [0.1, 0.15) is 24.3 Å². The Balaban J connectivity index is 2.57. The molecule has 0 aliphatic rings. The van der Waals surface area contributed by atoms with Gasteiger partial charge in [-0.3, -0.25) is 0 Å². The van der Waals surface area contributed by atoms with Crippen molar-refractivity contribution in [3.05, 3.63) is 70.8 Å². The lowest BCUT2D eigenvalue weighted by atomic mass is 9.87. The van der Waals surface area contributed by atoms with Gasteiger partial charge >= 0.3 is 0 Å². The Hall–Kier alpha value is -4.12. The highest BCUT2D eigenvalue weighted by Gasteiger charge is 2.20. The lowest BCUT2D eigenvalue weighted by Crippen LogP contribution is -1.98. The number of nitrogens with zero attached hydrogens (tertiary/aromatic N) is 4. The fourth-order valence-electron chi connectivity index (χ4n) is 2.80. The van der Waals surface area contributed by atoms with Crippen LogP contribution in [0.3, 0.4) is 0 Å². The summed E-state index contributed by atoms with van der Waals surface area (Å²) in [5.41, 5.74) is 1.42. The molecule has 3 aromatic rings. The van der Waals surface area contributed by atoms with Gasteiger partial charge in [0.05, 0.1) is 22.3 Å². The zero-order valence-electron chi connectivity index (χ0n) is 12.4. The largest absolute Gasteiger partial charge is 0.192 e. The Labute approximate surface area is 138 Å². The molecule has 0 aliphatic carbocycles. The van der Waals surface area contributed by atoms with Crippen LogP contribution in [0.25, 0.3) is 21.9 Å². The van der Waals surface area contributed by atoms with Gasteiger partial charge < -0.3 is 0 Å². The molecular weight excluding hydrogens is 296 g/mol. The average Bonchev–Trinajstić information content (AvgIpc) is 2.65. The third kappa shape index (κ3) is 2.13. The van der Waals surface area contributed by atoms with E-state index in [-0.39, 0.29) is 22.3 Å². The van der Waals surface area contributed by atoms with Crippen LogP contribution in [-0.2, 0) is 0 Å².